The van der Waals surface area contributed by atoms with Gasteiger partial charge in [0.05, 0.1) is 5.56 Å². The molecule has 7 heteroatoms. The second-order valence-electron chi connectivity index (χ2n) is 5.70. The van der Waals surface area contributed by atoms with Crippen molar-refractivity contribution >= 4 is 52.3 Å². The maximum atomic E-state index is 12.4. The molecule has 124 valence electrons. The molecule has 0 saturated carbocycles. The first-order valence-electron chi connectivity index (χ1n) is 7.25. The van der Waals surface area contributed by atoms with Gasteiger partial charge in [-0.3, -0.25) is 9.69 Å². The Kier molecular flexibility index (Phi) is 7.46. The van der Waals surface area contributed by atoms with Gasteiger partial charge in [-0.25, -0.2) is 0 Å². The van der Waals surface area contributed by atoms with Crippen molar-refractivity contribution in [3.05, 3.63) is 28.2 Å². The number of nitrogen functional groups attached to an aromatic ring is 1. The van der Waals surface area contributed by atoms with Crippen LogP contribution in [0.1, 0.15) is 36.0 Å². The summed E-state index contributed by atoms with van der Waals surface area (Å²) < 4.78 is 0.894. The average molecular weight is 411 g/mol. The molecule has 2 atom stereocenters. The van der Waals surface area contributed by atoms with Gasteiger partial charge in [0.2, 0.25) is 0 Å². The van der Waals surface area contributed by atoms with E-state index in [1.54, 1.807) is 12.1 Å². The van der Waals surface area contributed by atoms with E-state index in [4.69, 9.17) is 5.73 Å². The van der Waals surface area contributed by atoms with Crippen molar-refractivity contribution in [3.63, 3.8) is 0 Å². The Balaban J connectivity index is 0.00000121. The Morgan fingerprint density at radius 3 is 2.73 bits per heavy atom. The third-order valence-corrected chi connectivity index (χ3v) is 4.92. The predicted molar refractivity (Wildman–Crippen MR) is 98.1 cm³/mol. The second-order valence-corrected chi connectivity index (χ2v) is 6.61. The molecular formula is C15H22BrCl2N3O. The molecule has 3 rings (SSSR count). The molecule has 4 nitrogen and oxygen atoms in total. The van der Waals surface area contributed by atoms with E-state index in [0.717, 1.165) is 17.4 Å². The summed E-state index contributed by atoms with van der Waals surface area (Å²) in [6, 6.07) is 6.20. The molecule has 1 aromatic rings. The van der Waals surface area contributed by atoms with E-state index in [9.17, 15) is 4.79 Å². The van der Waals surface area contributed by atoms with Crippen molar-refractivity contribution in [1.82, 2.24) is 10.2 Å². The molecule has 0 aromatic heterocycles. The molecule has 2 fully saturated rings. The van der Waals surface area contributed by atoms with E-state index in [2.05, 4.69) is 26.1 Å². The Bertz CT molecular complexity index is 530. The van der Waals surface area contributed by atoms with Gasteiger partial charge in [-0.2, -0.15) is 0 Å². The van der Waals surface area contributed by atoms with Crippen LogP contribution in [0.15, 0.2) is 22.7 Å². The number of hydrogen-bond donors (Lipinski definition) is 2. The summed E-state index contributed by atoms with van der Waals surface area (Å²) in [7, 11) is 0. The minimum atomic E-state index is -0.0487. The number of nitrogens with one attached hydrogen (secondary N) is 1. The highest BCUT2D eigenvalue weighted by Crippen LogP contribution is 2.27. The highest BCUT2D eigenvalue weighted by molar-refractivity contribution is 9.10. The zero-order valence-electron chi connectivity index (χ0n) is 12.3. The largest absolute Gasteiger partial charge is 0.398 e. The van der Waals surface area contributed by atoms with Gasteiger partial charge in [0.1, 0.15) is 0 Å². The Hall–Kier alpha value is -0.490. The second kappa shape index (κ2) is 8.39. The van der Waals surface area contributed by atoms with E-state index in [1.165, 1.54) is 25.8 Å². The summed E-state index contributed by atoms with van der Waals surface area (Å²) in [5.74, 6) is -0.0487. The number of amides is 1. The van der Waals surface area contributed by atoms with Crippen molar-refractivity contribution < 1.29 is 4.79 Å². The zero-order chi connectivity index (χ0) is 14.1. The zero-order valence-corrected chi connectivity index (χ0v) is 15.5. The first kappa shape index (κ1) is 19.6. The molecule has 1 aromatic carbocycles. The number of carbonyl (C=O) groups is 1. The van der Waals surface area contributed by atoms with Gasteiger partial charge in [-0.1, -0.05) is 22.4 Å². The third kappa shape index (κ3) is 4.07. The fraction of sp³-hybridized carbons (Fsp3) is 0.533. The SMILES string of the molecule is Cl.Cl.Nc1cc(Br)ccc1C(=O)NC1CCN2CCCCC12. The lowest BCUT2D eigenvalue weighted by atomic mass is 9.98. The number of nitrogens with two attached hydrogens (primary N) is 1. The Morgan fingerprint density at radius 2 is 2.00 bits per heavy atom. The molecular weight excluding hydrogens is 389 g/mol. The number of hydrogen-bond acceptors (Lipinski definition) is 3. The highest BCUT2D eigenvalue weighted by Gasteiger charge is 2.36. The number of piperidine rings is 1. The van der Waals surface area contributed by atoms with Crippen LogP contribution in [0, 0.1) is 0 Å². The monoisotopic (exact) mass is 409 g/mol. The van der Waals surface area contributed by atoms with Crippen LogP contribution < -0.4 is 11.1 Å². The van der Waals surface area contributed by atoms with Gasteiger partial charge < -0.3 is 11.1 Å². The molecule has 0 bridgehead atoms. The topological polar surface area (TPSA) is 58.4 Å². The molecule has 2 aliphatic heterocycles. The minimum Gasteiger partial charge on any atom is -0.398 e. The number of halogens is 3. The summed E-state index contributed by atoms with van der Waals surface area (Å²) in [6.45, 7) is 2.28. The van der Waals surface area contributed by atoms with E-state index in [0.29, 0.717) is 17.3 Å². The third-order valence-electron chi connectivity index (χ3n) is 4.43. The van der Waals surface area contributed by atoms with Gasteiger partial charge in [-0.05, 0) is 44.0 Å². The normalized spacial score (nSPS) is 23.9. The summed E-state index contributed by atoms with van der Waals surface area (Å²) in [5, 5.41) is 3.18. The number of nitrogens with zero attached hydrogens (tertiary/aromatic N) is 1. The van der Waals surface area contributed by atoms with Gasteiger partial charge in [0.25, 0.3) is 5.91 Å². The van der Waals surface area contributed by atoms with Crippen LogP contribution in [0.5, 0.6) is 0 Å². The quantitative estimate of drug-likeness (QED) is 0.735. The van der Waals surface area contributed by atoms with Gasteiger partial charge in [0.15, 0.2) is 0 Å². The van der Waals surface area contributed by atoms with Crippen LogP contribution in [0.3, 0.4) is 0 Å². The number of rotatable bonds is 2. The van der Waals surface area contributed by atoms with Gasteiger partial charge >= 0.3 is 0 Å². The van der Waals surface area contributed by atoms with Gasteiger partial charge in [-0.15, -0.1) is 24.8 Å². The lowest BCUT2D eigenvalue weighted by Gasteiger charge is -2.32. The van der Waals surface area contributed by atoms with Crippen molar-refractivity contribution in [2.45, 2.75) is 37.8 Å². The smallest absolute Gasteiger partial charge is 0.253 e. The van der Waals surface area contributed by atoms with Crippen LogP contribution in [0.2, 0.25) is 0 Å². The standard InChI is InChI=1S/C15H20BrN3O.2ClH/c16-10-4-5-11(12(17)9-10)15(20)18-13-6-8-19-7-2-1-3-14(13)19;;/h4-5,9,13-14H,1-3,6-8,17H2,(H,18,20);2*1H. The van der Waals surface area contributed by atoms with E-state index >= 15 is 0 Å². The fourth-order valence-electron chi connectivity index (χ4n) is 3.40. The van der Waals surface area contributed by atoms with Gasteiger partial charge in [0, 0.05) is 28.8 Å². The summed E-state index contributed by atoms with van der Waals surface area (Å²) in [6.07, 6.45) is 4.80. The molecule has 0 aliphatic carbocycles. The lowest BCUT2D eigenvalue weighted by Crippen LogP contribution is -2.46. The van der Waals surface area contributed by atoms with Crippen molar-refractivity contribution in [3.8, 4) is 0 Å². The highest BCUT2D eigenvalue weighted by atomic mass is 79.9. The molecule has 2 heterocycles. The van der Waals surface area contributed by atoms with Crippen LogP contribution in [0.4, 0.5) is 5.69 Å². The number of benzene rings is 1. The predicted octanol–water partition coefficient (Wildman–Crippen LogP) is 3.23. The Morgan fingerprint density at radius 1 is 1.23 bits per heavy atom. The number of carbonyl (C=O) groups excluding carboxylic acids is 1. The fourth-order valence-corrected chi connectivity index (χ4v) is 3.78. The first-order chi connectivity index (χ1) is 9.65. The van der Waals surface area contributed by atoms with Crippen molar-refractivity contribution in [2.24, 2.45) is 0 Å². The molecule has 22 heavy (non-hydrogen) atoms. The minimum absolute atomic E-state index is 0. The first-order valence-corrected chi connectivity index (χ1v) is 8.04. The van der Waals surface area contributed by atoms with E-state index in [-0.39, 0.29) is 36.8 Å². The lowest BCUT2D eigenvalue weighted by molar-refractivity contribution is 0.0916. The summed E-state index contributed by atoms with van der Waals surface area (Å²) >= 11 is 3.36. The van der Waals surface area contributed by atoms with Crippen LogP contribution in [-0.4, -0.2) is 36.0 Å². The molecule has 0 spiro atoms. The Labute approximate surface area is 152 Å². The molecule has 1 amide bonds. The number of fused-ring (bicyclic) bond motifs is 1. The summed E-state index contributed by atoms with van der Waals surface area (Å²) in [4.78, 5) is 14.9. The van der Waals surface area contributed by atoms with Crippen LogP contribution in [0.25, 0.3) is 0 Å². The van der Waals surface area contributed by atoms with E-state index < -0.39 is 0 Å². The number of anilines is 1. The van der Waals surface area contributed by atoms with Crippen molar-refractivity contribution in [2.75, 3.05) is 18.8 Å². The maximum Gasteiger partial charge on any atom is 0.253 e. The van der Waals surface area contributed by atoms with E-state index in [1.807, 2.05) is 6.07 Å². The molecule has 0 radical (unpaired) electrons. The average Bonchev–Trinajstić information content (AvgIpc) is 2.82. The summed E-state index contributed by atoms with van der Waals surface area (Å²) in [5.41, 5.74) is 7.02. The molecule has 2 aliphatic rings. The van der Waals surface area contributed by atoms with Crippen LogP contribution >= 0.6 is 40.7 Å². The maximum absolute atomic E-state index is 12.4. The van der Waals surface area contributed by atoms with Crippen LogP contribution in [-0.2, 0) is 0 Å². The molecule has 2 unspecified atom stereocenters. The molecule has 2 saturated heterocycles. The van der Waals surface area contributed by atoms with Crippen molar-refractivity contribution in [1.29, 1.82) is 0 Å². The molecule has 3 N–H and O–H groups in total.